The Morgan fingerprint density at radius 1 is 1.18 bits per heavy atom. The van der Waals surface area contributed by atoms with Gasteiger partial charge in [-0.05, 0) is 13.0 Å². The number of rotatable bonds is 7. The number of nitrogens with two attached hydrogens (primary N) is 2. The monoisotopic (exact) mass is 544 g/mol. The Kier molecular flexibility index (Phi) is 6.87. The first-order valence-electron chi connectivity index (χ1n) is 11.2. The molecule has 0 saturated carbocycles. The highest BCUT2D eigenvalue weighted by Crippen LogP contribution is 2.33. The Bertz CT molecular complexity index is 1690. The van der Waals surface area contributed by atoms with Crippen molar-refractivity contribution in [3.05, 3.63) is 63.7 Å². The molecule has 0 bridgehead atoms. The van der Waals surface area contributed by atoms with Crippen molar-refractivity contribution in [2.75, 3.05) is 17.7 Å². The fraction of sp³-hybridized carbons (Fsp3) is 0.217. The minimum Gasteiger partial charge on any atom is -0.451 e. The van der Waals surface area contributed by atoms with Gasteiger partial charge in [0.25, 0.3) is 11.5 Å². The number of primary amides is 1. The topological polar surface area (TPSA) is 181 Å². The van der Waals surface area contributed by atoms with Crippen LogP contribution in [0.4, 0.5) is 30.6 Å². The summed E-state index contributed by atoms with van der Waals surface area (Å²) in [6, 6.07) is 0.666. The minimum atomic E-state index is -4.69. The SMILES string of the molecule is CNc1cnc(C(=CN)Oc2cnc3nc(Nc4cc(C(F)(F)F)cn(C)c4=O)n(C)c3c2C(N)=O)c(C)n1. The van der Waals surface area contributed by atoms with Crippen molar-refractivity contribution < 1.29 is 22.7 Å². The van der Waals surface area contributed by atoms with E-state index in [-0.39, 0.29) is 34.2 Å². The molecule has 0 aliphatic carbocycles. The molecule has 0 saturated heterocycles. The lowest BCUT2D eigenvalue weighted by molar-refractivity contribution is -0.138. The smallest absolute Gasteiger partial charge is 0.417 e. The number of nitrogens with zero attached hydrogens (tertiary/aromatic N) is 6. The van der Waals surface area contributed by atoms with E-state index >= 15 is 0 Å². The number of amides is 1. The largest absolute Gasteiger partial charge is 0.451 e. The zero-order valence-electron chi connectivity index (χ0n) is 21.1. The van der Waals surface area contributed by atoms with Gasteiger partial charge in [-0.1, -0.05) is 0 Å². The van der Waals surface area contributed by atoms with E-state index < -0.39 is 28.9 Å². The quantitative estimate of drug-likeness (QED) is 0.251. The van der Waals surface area contributed by atoms with Crippen molar-refractivity contribution in [1.29, 1.82) is 0 Å². The molecule has 4 rings (SSSR count). The van der Waals surface area contributed by atoms with Gasteiger partial charge < -0.3 is 36.0 Å². The van der Waals surface area contributed by atoms with Crippen LogP contribution in [0.5, 0.6) is 5.75 Å². The highest BCUT2D eigenvalue weighted by atomic mass is 19.4. The number of alkyl halides is 3. The van der Waals surface area contributed by atoms with E-state index in [2.05, 4.69) is 30.6 Å². The van der Waals surface area contributed by atoms with Crippen LogP contribution in [-0.4, -0.2) is 42.0 Å². The number of ether oxygens (including phenoxy) is 1. The number of aryl methyl sites for hydroxylation is 3. The molecule has 0 fully saturated rings. The van der Waals surface area contributed by atoms with Gasteiger partial charge in [-0.15, -0.1) is 0 Å². The first kappa shape index (κ1) is 26.9. The molecule has 0 unspecified atom stereocenters. The van der Waals surface area contributed by atoms with Crippen molar-refractivity contribution in [2.24, 2.45) is 25.6 Å². The molecule has 39 heavy (non-hydrogen) atoms. The second-order valence-corrected chi connectivity index (χ2v) is 8.28. The number of hydrogen-bond donors (Lipinski definition) is 4. The van der Waals surface area contributed by atoms with Crippen LogP contribution in [0, 0.1) is 6.92 Å². The van der Waals surface area contributed by atoms with Crippen LogP contribution in [0.25, 0.3) is 16.9 Å². The van der Waals surface area contributed by atoms with Crippen LogP contribution in [0.2, 0.25) is 0 Å². The molecule has 0 aliphatic rings. The van der Waals surface area contributed by atoms with Crippen LogP contribution >= 0.6 is 0 Å². The van der Waals surface area contributed by atoms with E-state index in [9.17, 15) is 22.8 Å². The molecule has 4 heterocycles. The summed E-state index contributed by atoms with van der Waals surface area (Å²) in [5.74, 6) is -0.507. The number of fused-ring (bicyclic) bond motifs is 1. The molecule has 0 aromatic carbocycles. The summed E-state index contributed by atoms with van der Waals surface area (Å²) in [4.78, 5) is 42.1. The summed E-state index contributed by atoms with van der Waals surface area (Å²) < 4.78 is 47.9. The van der Waals surface area contributed by atoms with Crippen molar-refractivity contribution in [1.82, 2.24) is 29.1 Å². The van der Waals surface area contributed by atoms with Crippen LogP contribution in [-0.2, 0) is 20.3 Å². The molecule has 13 nitrogen and oxygen atoms in total. The van der Waals surface area contributed by atoms with E-state index in [0.717, 1.165) is 10.8 Å². The number of anilines is 3. The highest BCUT2D eigenvalue weighted by Gasteiger charge is 2.32. The number of aromatic nitrogens is 6. The maximum absolute atomic E-state index is 13.3. The number of carbonyl (C=O) groups is 1. The van der Waals surface area contributed by atoms with Gasteiger partial charge in [0.15, 0.2) is 17.2 Å². The van der Waals surface area contributed by atoms with Crippen LogP contribution in [0.1, 0.15) is 27.3 Å². The maximum Gasteiger partial charge on any atom is 0.417 e. The van der Waals surface area contributed by atoms with Crippen LogP contribution in [0.3, 0.4) is 0 Å². The van der Waals surface area contributed by atoms with Crippen molar-refractivity contribution in [3.63, 3.8) is 0 Å². The third kappa shape index (κ3) is 5.03. The normalized spacial score (nSPS) is 12.0. The lowest BCUT2D eigenvalue weighted by Crippen LogP contribution is -2.23. The standard InChI is InChI=1S/C23H23F3N10O3/c1-10-17(30-8-15(29-2)32-10)13(6-27)39-14-7-31-20-18(16(14)19(28)37)36(4)22(34-20)33-12-5-11(23(24,25)26)9-35(3)21(12)38/h5-9H,27H2,1-4H3,(H2,28,37)(H,29,32)(H,31,33,34). The van der Waals surface area contributed by atoms with E-state index in [1.54, 1.807) is 14.0 Å². The van der Waals surface area contributed by atoms with E-state index in [0.29, 0.717) is 29.5 Å². The summed E-state index contributed by atoms with van der Waals surface area (Å²) in [5.41, 5.74) is 10.0. The van der Waals surface area contributed by atoms with Crippen molar-refractivity contribution >= 4 is 40.3 Å². The van der Waals surface area contributed by atoms with Crippen LogP contribution < -0.4 is 32.4 Å². The summed E-state index contributed by atoms with van der Waals surface area (Å²) in [7, 11) is 4.33. The van der Waals surface area contributed by atoms with E-state index in [4.69, 9.17) is 16.2 Å². The molecule has 1 amide bonds. The Hall–Kier alpha value is -5.15. The molecule has 0 radical (unpaired) electrons. The zero-order chi connectivity index (χ0) is 28.6. The van der Waals surface area contributed by atoms with Crippen LogP contribution in [0.15, 0.2) is 35.7 Å². The fourth-order valence-corrected chi connectivity index (χ4v) is 3.78. The van der Waals surface area contributed by atoms with Gasteiger partial charge in [0.2, 0.25) is 5.95 Å². The highest BCUT2D eigenvalue weighted by molar-refractivity contribution is 6.06. The number of nitrogens with one attached hydrogen (secondary N) is 2. The number of halogens is 3. The average Bonchev–Trinajstić information content (AvgIpc) is 3.19. The summed E-state index contributed by atoms with van der Waals surface area (Å²) in [5, 5.41) is 5.45. The molecule has 4 aromatic heterocycles. The molecular weight excluding hydrogens is 521 g/mol. The predicted molar refractivity (Wildman–Crippen MR) is 136 cm³/mol. The van der Waals surface area contributed by atoms with Crippen molar-refractivity contribution in [2.45, 2.75) is 13.1 Å². The van der Waals surface area contributed by atoms with Gasteiger partial charge in [0.05, 0.1) is 23.7 Å². The molecule has 4 aromatic rings. The molecule has 0 aliphatic heterocycles. The Balaban J connectivity index is 1.80. The first-order chi connectivity index (χ1) is 18.3. The van der Waals surface area contributed by atoms with Gasteiger partial charge in [-0.25, -0.2) is 15.0 Å². The minimum absolute atomic E-state index is 0.0116. The fourth-order valence-electron chi connectivity index (χ4n) is 3.78. The average molecular weight is 544 g/mol. The summed E-state index contributed by atoms with van der Waals surface area (Å²) in [6.45, 7) is 1.68. The Morgan fingerprint density at radius 2 is 1.90 bits per heavy atom. The molecular formula is C23H23F3N10O3. The van der Waals surface area contributed by atoms with E-state index in [1.165, 1.54) is 31.1 Å². The lowest BCUT2D eigenvalue weighted by Gasteiger charge is -2.14. The summed E-state index contributed by atoms with van der Waals surface area (Å²) >= 11 is 0. The molecule has 204 valence electrons. The first-order valence-corrected chi connectivity index (χ1v) is 11.2. The third-order valence-electron chi connectivity index (χ3n) is 5.68. The number of carbonyl (C=O) groups excluding carboxylic acids is 1. The zero-order valence-corrected chi connectivity index (χ0v) is 21.1. The number of imidazole rings is 1. The Morgan fingerprint density at radius 3 is 2.49 bits per heavy atom. The third-order valence-corrected chi connectivity index (χ3v) is 5.68. The number of pyridine rings is 2. The van der Waals surface area contributed by atoms with Gasteiger partial charge in [-0.2, -0.15) is 18.2 Å². The Labute approximate surface area is 218 Å². The predicted octanol–water partition coefficient (Wildman–Crippen LogP) is 2.00. The molecule has 6 N–H and O–H groups in total. The van der Waals surface area contributed by atoms with Gasteiger partial charge in [0, 0.05) is 33.5 Å². The molecule has 16 heteroatoms. The second kappa shape index (κ2) is 9.96. The molecule has 0 atom stereocenters. The van der Waals surface area contributed by atoms with Gasteiger partial charge >= 0.3 is 6.18 Å². The summed E-state index contributed by atoms with van der Waals surface area (Å²) in [6.07, 6.45) is -0.227. The van der Waals surface area contributed by atoms with Crippen molar-refractivity contribution in [3.8, 4) is 5.75 Å². The second-order valence-electron chi connectivity index (χ2n) is 8.28. The molecule has 0 spiro atoms. The van der Waals surface area contributed by atoms with Gasteiger partial charge in [-0.3, -0.25) is 9.59 Å². The maximum atomic E-state index is 13.3. The number of hydrogen-bond acceptors (Lipinski definition) is 10. The lowest BCUT2D eigenvalue weighted by atomic mass is 10.2. The van der Waals surface area contributed by atoms with Gasteiger partial charge in [0.1, 0.15) is 28.3 Å². The van der Waals surface area contributed by atoms with E-state index in [1.807, 2.05) is 0 Å².